The number of esters is 1. The summed E-state index contributed by atoms with van der Waals surface area (Å²) in [6.07, 6.45) is 1.95. The molecular formula is C31H32N6O6. The zero-order valence-corrected chi connectivity index (χ0v) is 24.0. The van der Waals surface area contributed by atoms with Crippen molar-refractivity contribution < 1.29 is 28.7 Å². The number of para-hydroxylation sites is 1. The first-order valence-corrected chi connectivity index (χ1v) is 13.9. The van der Waals surface area contributed by atoms with E-state index in [2.05, 4.69) is 21.3 Å². The van der Waals surface area contributed by atoms with Gasteiger partial charge in [-0.25, -0.2) is 9.78 Å². The van der Waals surface area contributed by atoms with Crippen LogP contribution in [0.2, 0.25) is 0 Å². The number of hydrazine groups is 1. The van der Waals surface area contributed by atoms with E-state index < -0.39 is 30.0 Å². The quantitative estimate of drug-likeness (QED) is 0.146. The van der Waals surface area contributed by atoms with Crippen molar-refractivity contribution in [1.82, 2.24) is 30.9 Å². The smallest absolute Gasteiger partial charge is 0.338 e. The summed E-state index contributed by atoms with van der Waals surface area (Å²) in [7, 11) is 1.84. The fraction of sp³-hybridized carbons (Fsp3) is 0.290. The number of epoxide rings is 1. The van der Waals surface area contributed by atoms with Crippen LogP contribution in [-0.2, 0) is 37.3 Å². The SMILES string of the molecule is CCOC(=O)[C@H]1O[C@@H]1C(=O)NNC(=O)CCc1ccccc1C(=O)N[C@H](C)c1cc(-c2cnn(C)c2)nc2ccccc12. The third kappa shape index (κ3) is 6.87. The Kier molecular flexibility index (Phi) is 8.77. The maximum absolute atomic E-state index is 13.5. The van der Waals surface area contributed by atoms with Gasteiger partial charge < -0.3 is 14.8 Å². The minimum absolute atomic E-state index is 0.0103. The van der Waals surface area contributed by atoms with E-state index in [-0.39, 0.29) is 31.4 Å². The van der Waals surface area contributed by atoms with Gasteiger partial charge in [0.15, 0.2) is 12.2 Å². The third-order valence-corrected chi connectivity index (χ3v) is 7.04. The maximum atomic E-state index is 13.5. The molecule has 0 aliphatic carbocycles. The van der Waals surface area contributed by atoms with Crippen LogP contribution in [0.1, 0.15) is 47.8 Å². The van der Waals surface area contributed by atoms with E-state index in [9.17, 15) is 19.2 Å². The van der Waals surface area contributed by atoms with Crippen molar-refractivity contribution in [3.05, 3.63) is 83.7 Å². The topological polar surface area (TPSA) is 157 Å². The highest BCUT2D eigenvalue weighted by Crippen LogP contribution is 2.29. The number of nitrogens with zero attached hydrogens (tertiary/aromatic N) is 3. The van der Waals surface area contributed by atoms with E-state index in [1.807, 2.05) is 50.5 Å². The van der Waals surface area contributed by atoms with Crippen LogP contribution in [0.25, 0.3) is 22.2 Å². The average Bonchev–Trinajstić information content (AvgIpc) is 3.71. The number of fused-ring (bicyclic) bond motifs is 1. The highest BCUT2D eigenvalue weighted by atomic mass is 16.6. The monoisotopic (exact) mass is 584 g/mol. The molecule has 2 aromatic heterocycles. The number of pyridine rings is 1. The number of ether oxygens (including phenoxy) is 2. The Morgan fingerprint density at radius 2 is 1.81 bits per heavy atom. The molecule has 1 saturated heterocycles. The lowest BCUT2D eigenvalue weighted by Gasteiger charge is -2.19. The molecule has 0 radical (unpaired) electrons. The van der Waals surface area contributed by atoms with Gasteiger partial charge in [-0.05, 0) is 49.6 Å². The molecule has 3 atom stereocenters. The summed E-state index contributed by atoms with van der Waals surface area (Å²) in [6, 6.07) is 16.4. The Morgan fingerprint density at radius 3 is 2.58 bits per heavy atom. The van der Waals surface area contributed by atoms with Crippen molar-refractivity contribution in [2.75, 3.05) is 6.61 Å². The van der Waals surface area contributed by atoms with Crippen molar-refractivity contribution in [2.24, 2.45) is 7.05 Å². The van der Waals surface area contributed by atoms with Crippen LogP contribution < -0.4 is 16.2 Å². The number of carbonyl (C=O) groups excluding carboxylic acids is 4. The van der Waals surface area contributed by atoms with Crippen molar-refractivity contribution in [3.8, 4) is 11.3 Å². The van der Waals surface area contributed by atoms with Gasteiger partial charge in [-0.3, -0.25) is 29.9 Å². The minimum atomic E-state index is -0.997. The zero-order chi connectivity index (χ0) is 30.5. The molecule has 3 heterocycles. The molecule has 1 fully saturated rings. The second kappa shape index (κ2) is 12.8. The number of aromatic nitrogens is 3. The number of hydrogen-bond acceptors (Lipinski definition) is 8. The predicted octanol–water partition coefficient (Wildman–Crippen LogP) is 2.54. The van der Waals surface area contributed by atoms with Gasteiger partial charge in [0.25, 0.3) is 11.8 Å². The van der Waals surface area contributed by atoms with Gasteiger partial charge in [-0.2, -0.15) is 5.10 Å². The van der Waals surface area contributed by atoms with E-state index in [1.165, 1.54) is 0 Å². The normalized spacial score (nSPS) is 16.3. The third-order valence-electron chi connectivity index (χ3n) is 7.04. The average molecular weight is 585 g/mol. The zero-order valence-electron chi connectivity index (χ0n) is 24.0. The van der Waals surface area contributed by atoms with Gasteiger partial charge in [0.1, 0.15) is 0 Å². The summed E-state index contributed by atoms with van der Waals surface area (Å²) in [6.45, 7) is 3.75. The molecule has 2 aromatic carbocycles. The number of nitrogens with one attached hydrogen (secondary N) is 3. The first kappa shape index (κ1) is 29.4. The Labute approximate surface area is 247 Å². The minimum Gasteiger partial charge on any atom is -0.464 e. The molecule has 1 aliphatic rings. The number of benzene rings is 2. The second-order valence-corrected chi connectivity index (χ2v) is 10.1. The Hall–Kier alpha value is -5.10. The molecule has 43 heavy (non-hydrogen) atoms. The molecule has 222 valence electrons. The van der Waals surface area contributed by atoms with E-state index in [0.29, 0.717) is 11.1 Å². The van der Waals surface area contributed by atoms with Crippen LogP contribution >= 0.6 is 0 Å². The van der Waals surface area contributed by atoms with Gasteiger partial charge in [0.05, 0.1) is 30.1 Å². The van der Waals surface area contributed by atoms with E-state index in [1.54, 1.807) is 42.1 Å². The molecule has 1 aliphatic heterocycles. The van der Waals surface area contributed by atoms with Crippen LogP contribution in [0.3, 0.4) is 0 Å². The first-order valence-electron chi connectivity index (χ1n) is 13.9. The standard InChI is InChI=1S/C31H32N6O6/c1-4-42-31(41)28-27(43-28)30(40)36-35-26(38)14-13-19-9-5-6-10-21(19)29(39)33-18(2)23-15-25(20-16-32-37(3)17-20)34-24-12-8-7-11-22(23)24/h5-12,15-18,27-28H,4,13-14H2,1-3H3,(H,33,39)(H,35,38)(H,36,40)/t18-,27+,28+/m1/s1. The van der Waals surface area contributed by atoms with Crippen LogP contribution in [-0.4, -0.2) is 57.3 Å². The van der Waals surface area contributed by atoms with Crippen LogP contribution in [0.4, 0.5) is 0 Å². The summed E-state index contributed by atoms with van der Waals surface area (Å²) in [5.74, 6) is -2.01. The van der Waals surface area contributed by atoms with Crippen LogP contribution in [0, 0.1) is 0 Å². The van der Waals surface area contributed by atoms with Crippen molar-refractivity contribution in [2.45, 2.75) is 44.9 Å². The summed E-state index contributed by atoms with van der Waals surface area (Å²) >= 11 is 0. The molecule has 12 nitrogen and oxygen atoms in total. The number of amides is 3. The van der Waals surface area contributed by atoms with Gasteiger partial charge in [-0.1, -0.05) is 36.4 Å². The summed E-state index contributed by atoms with van der Waals surface area (Å²) < 4.78 is 11.6. The van der Waals surface area contributed by atoms with E-state index in [0.717, 1.165) is 27.7 Å². The van der Waals surface area contributed by atoms with Gasteiger partial charge >= 0.3 is 5.97 Å². The molecule has 3 amide bonds. The predicted molar refractivity (Wildman–Crippen MR) is 156 cm³/mol. The van der Waals surface area contributed by atoms with Gasteiger partial charge in [0, 0.05) is 36.2 Å². The van der Waals surface area contributed by atoms with Crippen LogP contribution in [0.15, 0.2) is 67.0 Å². The van der Waals surface area contributed by atoms with Gasteiger partial charge in [0.2, 0.25) is 5.91 Å². The first-order chi connectivity index (χ1) is 20.7. The molecule has 5 rings (SSSR count). The van der Waals surface area contributed by atoms with Crippen LogP contribution in [0.5, 0.6) is 0 Å². The molecule has 12 heteroatoms. The largest absolute Gasteiger partial charge is 0.464 e. The maximum Gasteiger partial charge on any atom is 0.338 e. The van der Waals surface area contributed by atoms with Crippen molar-refractivity contribution in [3.63, 3.8) is 0 Å². The van der Waals surface area contributed by atoms with Gasteiger partial charge in [-0.15, -0.1) is 0 Å². The Bertz CT molecular complexity index is 1680. The molecule has 0 unspecified atom stereocenters. The molecule has 4 aromatic rings. The summed E-state index contributed by atoms with van der Waals surface area (Å²) in [5.41, 5.74) is 9.05. The number of carbonyl (C=O) groups is 4. The molecule has 0 spiro atoms. The van der Waals surface area contributed by atoms with E-state index >= 15 is 0 Å². The fourth-order valence-corrected chi connectivity index (χ4v) is 4.80. The molecule has 0 saturated carbocycles. The highest BCUT2D eigenvalue weighted by Gasteiger charge is 2.51. The summed E-state index contributed by atoms with van der Waals surface area (Å²) in [5, 5.41) is 8.29. The molecule has 3 N–H and O–H groups in total. The second-order valence-electron chi connectivity index (χ2n) is 10.1. The lowest BCUT2D eigenvalue weighted by atomic mass is 9.98. The van der Waals surface area contributed by atoms with E-state index in [4.69, 9.17) is 14.5 Å². The Balaban J connectivity index is 1.22. The number of rotatable bonds is 10. The highest BCUT2D eigenvalue weighted by molar-refractivity contribution is 5.97. The summed E-state index contributed by atoms with van der Waals surface area (Å²) in [4.78, 5) is 54.5. The number of hydrogen-bond donors (Lipinski definition) is 3. The lowest BCUT2D eigenvalue weighted by molar-refractivity contribution is -0.144. The van der Waals surface area contributed by atoms with Crippen molar-refractivity contribution in [1.29, 1.82) is 0 Å². The lowest BCUT2D eigenvalue weighted by Crippen LogP contribution is -2.44. The van der Waals surface area contributed by atoms with Crippen molar-refractivity contribution >= 4 is 34.6 Å². The molecule has 0 bridgehead atoms. The number of aryl methyl sites for hydroxylation is 2. The Morgan fingerprint density at radius 1 is 1.05 bits per heavy atom. The fourth-order valence-electron chi connectivity index (χ4n) is 4.80. The molecular weight excluding hydrogens is 552 g/mol.